The number of hydrogen-bond acceptors (Lipinski definition) is 1. The second-order valence-electron chi connectivity index (χ2n) is 0.704. The summed E-state index contributed by atoms with van der Waals surface area (Å²) >= 11 is 4.55. The van der Waals surface area contributed by atoms with E-state index in [-0.39, 0.29) is 19.5 Å². The minimum atomic E-state index is 0. The molecule has 0 heterocycles. The maximum Gasteiger partial charge on any atom is 0 e. The van der Waals surface area contributed by atoms with Gasteiger partial charge >= 0.3 is 0 Å². The Hall–Kier alpha value is 0.973. The molecule has 0 unspecified atom stereocenters. The molecule has 0 aliphatic heterocycles. The van der Waals surface area contributed by atoms with Gasteiger partial charge in [0.15, 0.2) is 0 Å². The van der Waals surface area contributed by atoms with Gasteiger partial charge in [-0.15, -0.1) is 0 Å². The van der Waals surface area contributed by atoms with E-state index in [0.29, 0.717) is 0 Å². The van der Waals surface area contributed by atoms with Gasteiger partial charge in [-0.2, -0.15) is 5.75 Å². The average molecular weight is 141 g/mol. The van der Waals surface area contributed by atoms with Crippen molar-refractivity contribution in [2.45, 2.75) is 13.3 Å². The van der Waals surface area contributed by atoms with Crippen LogP contribution >= 0.6 is 0 Å². The SMILES string of the molecule is CCC[S-].[Zn]. The van der Waals surface area contributed by atoms with Gasteiger partial charge in [-0.1, -0.05) is 13.3 Å². The number of hydrogen-bond donors (Lipinski definition) is 0. The van der Waals surface area contributed by atoms with Crippen LogP contribution in [0.15, 0.2) is 0 Å². The second kappa shape index (κ2) is 8.88. The Kier molecular flexibility index (Phi) is 16.6. The summed E-state index contributed by atoms with van der Waals surface area (Å²) in [6.07, 6.45) is 1.13. The molecule has 0 bridgehead atoms. The van der Waals surface area contributed by atoms with Crippen molar-refractivity contribution in [3.05, 3.63) is 0 Å². The molecule has 0 aliphatic rings. The van der Waals surface area contributed by atoms with Crippen LogP contribution in [0.4, 0.5) is 0 Å². The van der Waals surface area contributed by atoms with Crippen LogP contribution in [0.5, 0.6) is 0 Å². The van der Waals surface area contributed by atoms with E-state index >= 15 is 0 Å². The van der Waals surface area contributed by atoms with E-state index in [4.69, 9.17) is 0 Å². The quantitative estimate of drug-likeness (QED) is 0.386. The molecule has 0 rings (SSSR count). The minimum absolute atomic E-state index is 0. The molecule has 0 nitrogen and oxygen atoms in total. The molecule has 5 heavy (non-hydrogen) atoms. The fourth-order valence-electron chi connectivity index (χ4n) is 0. The van der Waals surface area contributed by atoms with Gasteiger partial charge in [-0.25, -0.2) is 0 Å². The smallest absolute Gasteiger partial charge is 0 e. The Morgan fingerprint density at radius 3 is 1.80 bits per heavy atom. The first-order valence-electron chi connectivity index (χ1n) is 1.50. The van der Waals surface area contributed by atoms with Crippen LogP contribution in [0.3, 0.4) is 0 Å². The average Bonchev–Trinajstić information content (AvgIpc) is 1.37. The summed E-state index contributed by atoms with van der Waals surface area (Å²) in [5.41, 5.74) is 0. The van der Waals surface area contributed by atoms with Crippen LogP contribution in [0, 0.1) is 0 Å². The summed E-state index contributed by atoms with van der Waals surface area (Å²) in [5, 5.41) is 0. The van der Waals surface area contributed by atoms with Gasteiger partial charge in [-0.3, -0.25) is 0 Å². The maximum absolute atomic E-state index is 4.55. The van der Waals surface area contributed by atoms with E-state index in [0.717, 1.165) is 12.2 Å². The summed E-state index contributed by atoms with van der Waals surface area (Å²) < 4.78 is 0. The van der Waals surface area contributed by atoms with Crippen LogP contribution in [0.1, 0.15) is 13.3 Å². The van der Waals surface area contributed by atoms with Crippen molar-refractivity contribution in [1.29, 1.82) is 0 Å². The van der Waals surface area contributed by atoms with Crippen molar-refractivity contribution in [3.63, 3.8) is 0 Å². The van der Waals surface area contributed by atoms with Crippen LogP contribution in [0.25, 0.3) is 0 Å². The van der Waals surface area contributed by atoms with Gasteiger partial charge in [0.25, 0.3) is 0 Å². The van der Waals surface area contributed by atoms with Gasteiger partial charge in [0.2, 0.25) is 0 Å². The summed E-state index contributed by atoms with van der Waals surface area (Å²) in [6, 6.07) is 0. The summed E-state index contributed by atoms with van der Waals surface area (Å²) in [6.45, 7) is 2.08. The third-order valence-electron chi connectivity index (χ3n) is 0.204. The predicted octanol–water partition coefficient (Wildman–Crippen LogP) is 0.941. The third-order valence-corrected chi connectivity index (χ3v) is 0.612. The molecule has 0 amide bonds. The first-order chi connectivity index (χ1) is 1.91. The molecule has 0 aromatic rings. The van der Waals surface area contributed by atoms with E-state index in [9.17, 15) is 0 Å². The molecular formula is C3H7SZn-. The zero-order valence-corrected chi connectivity index (χ0v) is 7.31. The van der Waals surface area contributed by atoms with E-state index in [1.807, 2.05) is 0 Å². The van der Waals surface area contributed by atoms with Gasteiger partial charge < -0.3 is 12.6 Å². The molecule has 0 fully saturated rings. The Labute approximate surface area is 51.5 Å². The topological polar surface area (TPSA) is 0 Å². The molecule has 0 aromatic heterocycles. The van der Waals surface area contributed by atoms with Crippen LogP contribution in [0.2, 0.25) is 0 Å². The Bertz CT molecular complexity index is 8.85. The van der Waals surface area contributed by atoms with E-state index in [1.54, 1.807) is 0 Å². The predicted molar refractivity (Wildman–Crippen MR) is 22.5 cm³/mol. The molecule has 0 saturated carbocycles. The fraction of sp³-hybridized carbons (Fsp3) is 1.00. The molecule has 0 saturated heterocycles. The molecule has 2 heteroatoms. The van der Waals surface area contributed by atoms with E-state index in [1.165, 1.54) is 0 Å². The van der Waals surface area contributed by atoms with E-state index in [2.05, 4.69) is 19.6 Å². The van der Waals surface area contributed by atoms with Crippen molar-refractivity contribution in [3.8, 4) is 0 Å². The van der Waals surface area contributed by atoms with Gasteiger partial charge in [0, 0.05) is 19.5 Å². The molecule has 0 aliphatic carbocycles. The minimum Gasteiger partial charge on any atom is -0.793 e. The van der Waals surface area contributed by atoms with Crippen LogP contribution in [-0.4, -0.2) is 5.75 Å². The first kappa shape index (κ1) is 9.36. The van der Waals surface area contributed by atoms with Crippen molar-refractivity contribution >= 4 is 12.6 Å². The first-order valence-corrected chi connectivity index (χ1v) is 2.07. The van der Waals surface area contributed by atoms with Gasteiger partial charge in [-0.05, 0) is 0 Å². The Morgan fingerprint density at radius 2 is 1.80 bits per heavy atom. The zero-order chi connectivity index (χ0) is 3.41. The summed E-state index contributed by atoms with van der Waals surface area (Å²) in [4.78, 5) is 0. The van der Waals surface area contributed by atoms with Gasteiger partial charge in [0.1, 0.15) is 0 Å². The molecule has 28 valence electrons. The largest absolute Gasteiger partial charge is 0.793 e. The van der Waals surface area contributed by atoms with Crippen molar-refractivity contribution in [2.75, 3.05) is 5.75 Å². The fourth-order valence-corrected chi connectivity index (χ4v) is 0. The maximum atomic E-state index is 4.55. The summed E-state index contributed by atoms with van der Waals surface area (Å²) in [7, 11) is 0. The Morgan fingerprint density at radius 1 is 1.60 bits per heavy atom. The van der Waals surface area contributed by atoms with Crippen LogP contribution < -0.4 is 0 Å². The molecule has 0 N–H and O–H groups in total. The van der Waals surface area contributed by atoms with Crippen LogP contribution in [-0.2, 0) is 32.1 Å². The van der Waals surface area contributed by atoms with Gasteiger partial charge in [0.05, 0.1) is 0 Å². The second-order valence-corrected chi connectivity index (χ2v) is 1.11. The monoisotopic (exact) mass is 139 g/mol. The normalized spacial score (nSPS) is 6.00. The van der Waals surface area contributed by atoms with Crippen molar-refractivity contribution in [1.82, 2.24) is 0 Å². The zero-order valence-electron chi connectivity index (χ0n) is 3.53. The molecule has 0 atom stereocenters. The standard InChI is InChI=1S/C3H8S.Zn/c1-2-3-4;/h4H,2-3H2,1H3;/p-1. The third kappa shape index (κ3) is 11.3. The van der Waals surface area contributed by atoms with E-state index < -0.39 is 0 Å². The summed E-state index contributed by atoms with van der Waals surface area (Å²) in [5.74, 6) is 0.903. The molecule has 0 spiro atoms. The molecule has 0 aromatic carbocycles. The van der Waals surface area contributed by atoms with Crippen molar-refractivity contribution in [2.24, 2.45) is 0 Å². The molecular weight excluding hydrogens is 133 g/mol. The Balaban J connectivity index is 0. The van der Waals surface area contributed by atoms with Crippen molar-refractivity contribution < 1.29 is 19.5 Å². The molecule has 0 radical (unpaired) electrons. The number of rotatable bonds is 1.